The lowest BCUT2D eigenvalue weighted by Gasteiger charge is -2.01. The van der Waals surface area contributed by atoms with Crippen molar-refractivity contribution in [1.29, 1.82) is 0 Å². The molecule has 54 valence electrons. The van der Waals surface area contributed by atoms with Gasteiger partial charge in [0.05, 0.1) is 0 Å². The summed E-state index contributed by atoms with van der Waals surface area (Å²) in [6, 6.07) is 4.28. The van der Waals surface area contributed by atoms with E-state index in [1.165, 1.54) is 18.2 Å². The fourth-order valence-corrected chi connectivity index (χ4v) is 0.606. The number of nitrogens with two attached hydrogens (primary N) is 1. The number of hydrogen-bond donors (Lipinski definition) is 3. The zero-order chi connectivity index (χ0) is 7.56. The Bertz CT molecular complexity index is 236. The normalized spacial score (nSPS) is 9.30. The molecule has 0 amide bonds. The van der Waals surface area contributed by atoms with Gasteiger partial charge in [0.1, 0.15) is 0 Å². The number of benzene rings is 1. The Morgan fingerprint density at radius 2 is 2.00 bits per heavy atom. The molecule has 0 fully saturated rings. The van der Waals surface area contributed by atoms with Gasteiger partial charge in [-0.2, -0.15) is 5.90 Å². The molecular formula is C6H7NO3. The Balaban J connectivity index is 3.14. The molecule has 4 nitrogen and oxygen atoms in total. The fourth-order valence-electron chi connectivity index (χ4n) is 0.606. The van der Waals surface area contributed by atoms with Crippen LogP contribution in [0.25, 0.3) is 0 Å². The van der Waals surface area contributed by atoms with Crippen molar-refractivity contribution in [2.24, 2.45) is 5.90 Å². The van der Waals surface area contributed by atoms with Crippen LogP contribution >= 0.6 is 0 Å². The van der Waals surface area contributed by atoms with Gasteiger partial charge >= 0.3 is 0 Å². The topological polar surface area (TPSA) is 75.7 Å². The van der Waals surface area contributed by atoms with E-state index in [2.05, 4.69) is 4.84 Å². The van der Waals surface area contributed by atoms with E-state index >= 15 is 0 Å². The second-order valence-electron chi connectivity index (χ2n) is 1.74. The fraction of sp³-hybridized carbons (Fsp3) is 0. The molecule has 10 heavy (non-hydrogen) atoms. The summed E-state index contributed by atoms with van der Waals surface area (Å²) in [6.45, 7) is 0. The molecule has 0 saturated carbocycles. The Morgan fingerprint density at radius 3 is 2.50 bits per heavy atom. The molecule has 0 bridgehead atoms. The van der Waals surface area contributed by atoms with Crippen LogP contribution in [0.2, 0.25) is 0 Å². The van der Waals surface area contributed by atoms with Crippen LogP contribution in [0, 0.1) is 0 Å². The summed E-state index contributed by atoms with van der Waals surface area (Å²) in [5, 5.41) is 17.8. The largest absolute Gasteiger partial charge is 0.504 e. The number of phenols is 2. The van der Waals surface area contributed by atoms with Gasteiger partial charge in [0.2, 0.25) is 5.75 Å². The first kappa shape index (κ1) is 6.70. The minimum atomic E-state index is -0.343. The second-order valence-corrected chi connectivity index (χ2v) is 1.74. The summed E-state index contributed by atoms with van der Waals surface area (Å²) in [7, 11) is 0. The summed E-state index contributed by atoms with van der Waals surface area (Å²) in [5.41, 5.74) is 0. The molecule has 0 unspecified atom stereocenters. The van der Waals surface area contributed by atoms with Crippen LogP contribution < -0.4 is 10.7 Å². The van der Waals surface area contributed by atoms with Crippen LogP contribution in [0.5, 0.6) is 17.2 Å². The molecule has 0 aliphatic heterocycles. The van der Waals surface area contributed by atoms with E-state index < -0.39 is 0 Å². The van der Waals surface area contributed by atoms with E-state index in [1.54, 1.807) is 0 Å². The van der Waals surface area contributed by atoms with Gasteiger partial charge in [0.15, 0.2) is 11.5 Å². The van der Waals surface area contributed by atoms with E-state index in [-0.39, 0.29) is 17.2 Å². The molecule has 0 aliphatic carbocycles. The van der Waals surface area contributed by atoms with Gasteiger partial charge in [-0.15, -0.1) is 0 Å². The van der Waals surface area contributed by atoms with Gasteiger partial charge in [0, 0.05) is 0 Å². The van der Waals surface area contributed by atoms with Crippen LogP contribution in [0.15, 0.2) is 18.2 Å². The average molecular weight is 141 g/mol. The molecule has 1 rings (SSSR count). The van der Waals surface area contributed by atoms with Crippen molar-refractivity contribution < 1.29 is 15.1 Å². The van der Waals surface area contributed by atoms with E-state index in [9.17, 15) is 0 Å². The standard InChI is InChI=1S/C6H7NO3/c7-10-5-3-1-2-4(8)6(5)9/h1-3,8-9H,7H2. The molecule has 0 aromatic heterocycles. The van der Waals surface area contributed by atoms with Gasteiger partial charge in [0.25, 0.3) is 0 Å². The number of para-hydroxylation sites is 1. The Labute approximate surface area is 57.4 Å². The van der Waals surface area contributed by atoms with Crippen LogP contribution in [-0.4, -0.2) is 10.2 Å². The Hall–Kier alpha value is -1.42. The van der Waals surface area contributed by atoms with Crippen molar-refractivity contribution in [2.75, 3.05) is 0 Å². The summed E-state index contributed by atoms with van der Waals surface area (Å²) in [4.78, 5) is 4.22. The molecule has 0 heterocycles. The number of aromatic hydroxyl groups is 2. The molecule has 4 N–H and O–H groups in total. The molecule has 1 aromatic rings. The van der Waals surface area contributed by atoms with Gasteiger partial charge in [-0.3, -0.25) is 0 Å². The lowest BCUT2D eigenvalue weighted by molar-refractivity contribution is 0.304. The van der Waals surface area contributed by atoms with E-state index in [4.69, 9.17) is 16.1 Å². The van der Waals surface area contributed by atoms with Crippen LogP contribution in [0.1, 0.15) is 0 Å². The quantitative estimate of drug-likeness (QED) is 0.389. The van der Waals surface area contributed by atoms with Crippen LogP contribution in [-0.2, 0) is 0 Å². The summed E-state index contributed by atoms with van der Waals surface area (Å²) < 4.78 is 0. The van der Waals surface area contributed by atoms with Crippen molar-refractivity contribution in [3.05, 3.63) is 18.2 Å². The van der Waals surface area contributed by atoms with Crippen molar-refractivity contribution in [3.63, 3.8) is 0 Å². The first-order valence-electron chi connectivity index (χ1n) is 2.63. The Morgan fingerprint density at radius 1 is 1.30 bits per heavy atom. The van der Waals surface area contributed by atoms with E-state index in [0.717, 1.165) is 0 Å². The monoisotopic (exact) mass is 141 g/mol. The van der Waals surface area contributed by atoms with Gasteiger partial charge in [-0.05, 0) is 12.1 Å². The smallest absolute Gasteiger partial charge is 0.203 e. The number of hydrogen-bond acceptors (Lipinski definition) is 4. The predicted molar refractivity (Wildman–Crippen MR) is 34.6 cm³/mol. The van der Waals surface area contributed by atoms with Crippen LogP contribution in [0.3, 0.4) is 0 Å². The molecule has 0 aliphatic rings. The zero-order valence-electron chi connectivity index (χ0n) is 5.11. The minimum absolute atomic E-state index is 0.0556. The minimum Gasteiger partial charge on any atom is -0.504 e. The van der Waals surface area contributed by atoms with Gasteiger partial charge in [-0.25, -0.2) is 0 Å². The molecule has 0 atom stereocenters. The predicted octanol–water partition coefficient (Wildman–Crippen LogP) is 0.350. The maximum Gasteiger partial charge on any atom is 0.203 e. The van der Waals surface area contributed by atoms with Crippen molar-refractivity contribution in [2.45, 2.75) is 0 Å². The van der Waals surface area contributed by atoms with Crippen molar-refractivity contribution >= 4 is 0 Å². The lowest BCUT2D eigenvalue weighted by atomic mass is 10.3. The first-order chi connectivity index (χ1) is 4.75. The third kappa shape index (κ3) is 0.964. The molecular weight excluding hydrogens is 134 g/mol. The first-order valence-corrected chi connectivity index (χ1v) is 2.63. The molecule has 0 radical (unpaired) electrons. The third-order valence-corrected chi connectivity index (χ3v) is 1.10. The number of phenolic OH excluding ortho intramolecular Hbond substituents is 2. The average Bonchev–Trinajstić information content (AvgIpc) is 1.95. The maximum atomic E-state index is 8.94. The van der Waals surface area contributed by atoms with E-state index in [1.807, 2.05) is 0 Å². The van der Waals surface area contributed by atoms with Crippen molar-refractivity contribution in [1.82, 2.24) is 0 Å². The summed E-state index contributed by atoms with van der Waals surface area (Å²) in [6.07, 6.45) is 0. The highest BCUT2D eigenvalue weighted by Crippen LogP contribution is 2.33. The second kappa shape index (κ2) is 2.45. The highest BCUT2D eigenvalue weighted by molar-refractivity contribution is 5.48. The highest BCUT2D eigenvalue weighted by Gasteiger charge is 2.04. The molecule has 0 spiro atoms. The van der Waals surface area contributed by atoms with Gasteiger partial charge in [-0.1, -0.05) is 6.07 Å². The lowest BCUT2D eigenvalue weighted by Crippen LogP contribution is -2.01. The molecule has 1 aromatic carbocycles. The van der Waals surface area contributed by atoms with E-state index in [0.29, 0.717) is 0 Å². The summed E-state index contributed by atoms with van der Waals surface area (Å²) >= 11 is 0. The number of rotatable bonds is 1. The van der Waals surface area contributed by atoms with Gasteiger partial charge < -0.3 is 15.1 Å². The SMILES string of the molecule is NOc1cccc(O)c1O. The van der Waals surface area contributed by atoms with Crippen LogP contribution in [0.4, 0.5) is 0 Å². The summed E-state index contributed by atoms with van der Waals surface area (Å²) in [5.74, 6) is 4.21. The van der Waals surface area contributed by atoms with Crippen molar-refractivity contribution in [3.8, 4) is 17.2 Å². The Kier molecular flexibility index (Phi) is 1.64. The third-order valence-electron chi connectivity index (χ3n) is 1.10. The maximum absolute atomic E-state index is 8.94. The highest BCUT2D eigenvalue weighted by atomic mass is 16.6. The zero-order valence-corrected chi connectivity index (χ0v) is 5.11. The molecule has 4 heteroatoms. The molecule has 0 saturated heterocycles.